The van der Waals surface area contributed by atoms with Crippen molar-refractivity contribution >= 4 is 39.5 Å². The molecular weight excluding hydrogens is 1350 g/mol. The van der Waals surface area contributed by atoms with E-state index < -0.39 is 97.5 Å². The average Bonchev–Trinajstić information content (AvgIpc) is 0.918. The molecule has 0 aliphatic carbocycles. The Morgan fingerprint density at radius 1 is 0.279 bits per heavy atom. The van der Waals surface area contributed by atoms with Gasteiger partial charge in [-0.3, -0.25) is 37.3 Å². The van der Waals surface area contributed by atoms with Gasteiger partial charge in [0, 0.05) is 25.7 Å². The Balaban J connectivity index is 5.45. The van der Waals surface area contributed by atoms with Crippen molar-refractivity contribution in [2.75, 3.05) is 39.6 Å². The van der Waals surface area contributed by atoms with Crippen molar-refractivity contribution in [2.45, 2.75) is 341 Å². The summed E-state index contributed by atoms with van der Waals surface area (Å²) in [6, 6.07) is 0. The molecular formula is C85H144O17P2. The molecule has 0 radical (unpaired) electrons. The first-order valence-electron chi connectivity index (χ1n) is 40.4. The zero-order valence-corrected chi connectivity index (χ0v) is 66.9. The van der Waals surface area contributed by atoms with Gasteiger partial charge in [0.1, 0.15) is 19.3 Å². The SMILES string of the molecule is CC/C=C\C/C=C\C/C=C\C/C=C\C/C=C\C/C=C\CCC(=O)OC[C@H](COP(=O)(O)OC[C@@H](O)COP(=O)(O)OC[C@@H](COC(=O)CCCCCCCCC/C=C\CCCCCC)OC(=O)CCCCCCC/C=C\C/C=C\CCCCC)OC(=O)CCCCCCC/C=C\C/C=C\CCCCC. The molecule has 0 aromatic carbocycles. The van der Waals surface area contributed by atoms with Gasteiger partial charge < -0.3 is 33.8 Å². The Labute approximate surface area is 631 Å². The molecule has 0 amide bonds. The van der Waals surface area contributed by atoms with E-state index in [1.54, 1.807) is 0 Å². The van der Waals surface area contributed by atoms with E-state index in [1.165, 1.54) is 77.0 Å². The number of hydrogen-bond acceptors (Lipinski definition) is 15. The maximum absolute atomic E-state index is 13.1. The number of ether oxygens (including phenoxy) is 4. The molecule has 104 heavy (non-hydrogen) atoms. The first-order chi connectivity index (χ1) is 50.7. The summed E-state index contributed by atoms with van der Waals surface area (Å²) in [6.07, 6.45) is 85.8. The minimum Gasteiger partial charge on any atom is -0.462 e. The molecule has 17 nitrogen and oxygen atoms in total. The summed E-state index contributed by atoms with van der Waals surface area (Å²) in [7, 11) is -9.99. The largest absolute Gasteiger partial charge is 0.472 e. The summed E-state index contributed by atoms with van der Waals surface area (Å²) >= 11 is 0. The maximum Gasteiger partial charge on any atom is 0.472 e. The van der Waals surface area contributed by atoms with Gasteiger partial charge in [-0.1, -0.05) is 277 Å². The molecule has 0 aromatic heterocycles. The molecule has 19 heteroatoms. The molecule has 0 spiro atoms. The highest BCUT2D eigenvalue weighted by Gasteiger charge is 2.30. The zero-order chi connectivity index (χ0) is 76.0. The molecule has 0 aliphatic heterocycles. The molecule has 5 atom stereocenters. The maximum atomic E-state index is 13.1. The van der Waals surface area contributed by atoms with E-state index >= 15 is 0 Å². The molecule has 0 heterocycles. The Hall–Kier alpha value is -4.80. The summed E-state index contributed by atoms with van der Waals surface area (Å²) in [4.78, 5) is 73.0. The van der Waals surface area contributed by atoms with Crippen LogP contribution in [0.1, 0.15) is 323 Å². The van der Waals surface area contributed by atoms with Gasteiger partial charge in [-0.15, -0.1) is 0 Å². The van der Waals surface area contributed by atoms with Gasteiger partial charge >= 0.3 is 39.5 Å². The fourth-order valence-corrected chi connectivity index (χ4v) is 12.0. The molecule has 0 saturated heterocycles. The van der Waals surface area contributed by atoms with Crippen LogP contribution in [0.3, 0.4) is 0 Å². The lowest BCUT2D eigenvalue weighted by atomic mass is 10.1. The normalized spacial score (nSPS) is 14.6. The lowest BCUT2D eigenvalue weighted by Crippen LogP contribution is -2.30. The Bertz CT molecular complexity index is 2490. The van der Waals surface area contributed by atoms with Gasteiger partial charge in [-0.2, -0.15) is 0 Å². The minimum atomic E-state index is -5.00. The van der Waals surface area contributed by atoms with Crippen molar-refractivity contribution < 1.29 is 80.2 Å². The molecule has 596 valence electrons. The minimum absolute atomic E-state index is 0.0300. The molecule has 3 N–H and O–H groups in total. The van der Waals surface area contributed by atoms with Crippen molar-refractivity contribution in [2.24, 2.45) is 0 Å². The van der Waals surface area contributed by atoms with Crippen LogP contribution in [0.4, 0.5) is 0 Å². The third kappa shape index (κ3) is 75.4. The van der Waals surface area contributed by atoms with Crippen LogP contribution < -0.4 is 0 Å². The topological polar surface area (TPSA) is 237 Å². The number of phosphoric ester groups is 2. The highest BCUT2D eigenvalue weighted by molar-refractivity contribution is 7.47. The van der Waals surface area contributed by atoms with E-state index in [4.69, 9.17) is 37.0 Å². The van der Waals surface area contributed by atoms with Gasteiger partial charge in [0.25, 0.3) is 0 Å². The predicted molar refractivity (Wildman–Crippen MR) is 427 cm³/mol. The first kappa shape index (κ1) is 99.2. The van der Waals surface area contributed by atoms with Gasteiger partial charge in [0.2, 0.25) is 0 Å². The van der Waals surface area contributed by atoms with E-state index in [9.17, 15) is 43.2 Å². The molecule has 2 unspecified atom stereocenters. The third-order valence-corrected chi connectivity index (χ3v) is 18.5. The van der Waals surface area contributed by atoms with E-state index in [2.05, 4.69) is 143 Å². The molecule has 0 fully saturated rings. The fraction of sp³-hybridized carbons (Fsp3) is 0.694. The van der Waals surface area contributed by atoms with Gasteiger partial charge in [-0.05, 0) is 154 Å². The summed E-state index contributed by atoms with van der Waals surface area (Å²) in [5.74, 6) is -2.30. The number of phosphoric acid groups is 2. The predicted octanol–water partition coefficient (Wildman–Crippen LogP) is 23.7. The number of esters is 4. The van der Waals surface area contributed by atoms with Crippen LogP contribution in [0.15, 0.2) is 134 Å². The van der Waals surface area contributed by atoms with Crippen molar-refractivity contribution in [3.05, 3.63) is 134 Å². The lowest BCUT2D eigenvalue weighted by molar-refractivity contribution is -0.161. The second kappa shape index (κ2) is 76.4. The number of allylic oxidation sites excluding steroid dienone is 22. The third-order valence-electron chi connectivity index (χ3n) is 16.6. The number of hydrogen-bond donors (Lipinski definition) is 3. The zero-order valence-electron chi connectivity index (χ0n) is 65.2. The Morgan fingerprint density at radius 3 is 0.856 bits per heavy atom. The highest BCUT2D eigenvalue weighted by atomic mass is 31.2. The number of carbonyl (C=O) groups is 4. The van der Waals surface area contributed by atoms with Gasteiger partial charge in [-0.25, -0.2) is 9.13 Å². The van der Waals surface area contributed by atoms with Crippen molar-refractivity contribution in [3.8, 4) is 0 Å². The van der Waals surface area contributed by atoms with Crippen molar-refractivity contribution in [1.29, 1.82) is 0 Å². The summed E-state index contributed by atoms with van der Waals surface area (Å²) in [5.41, 5.74) is 0. The van der Waals surface area contributed by atoms with Crippen LogP contribution in [-0.2, 0) is 65.4 Å². The smallest absolute Gasteiger partial charge is 0.462 e. The summed E-state index contributed by atoms with van der Waals surface area (Å²) in [5, 5.41) is 10.6. The van der Waals surface area contributed by atoms with Crippen molar-refractivity contribution in [3.63, 3.8) is 0 Å². The van der Waals surface area contributed by atoms with E-state index in [0.717, 1.165) is 161 Å². The highest BCUT2D eigenvalue weighted by Crippen LogP contribution is 2.45. The average molecular weight is 1500 g/mol. The molecule has 0 aromatic rings. The first-order valence-corrected chi connectivity index (χ1v) is 43.4. The second-order valence-corrected chi connectivity index (χ2v) is 29.5. The lowest BCUT2D eigenvalue weighted by Gasteiger charge is -2.21. The monoisotopic (exact) mass is 1500 g/mol. The summed E-state index contributed by atoms with van der Waals surface area (Å²) < 4.78 is 68.5. The summed E-state index contributed by atoms with van der Waals surface area (Å²) in [6.45, 7) is 4.59. The number of unbranched alkanes of at least 4 members (excludes halogenated alkanes) is 27. The number of aliphatic hydroxyl groups excluding tert-OH is 1. The molecule has 0 rings (SSSR count). The van der Waals surface area contributed by atoms with Gasteiger partial charge in [0.05, 0.1) is 26.4 Å². The molecule has 0 saturated carbocycles. The quantitative estimate of drug-likeness (QED) is 0.0169. The van der Waals surface area contributed by atoms with E-state index in [1.807, 2.05) is 18.2 Å². The van der Waals surface area contributed by atoms with E-state index in [-0.39, 0.29) is 25.7 Å². The number of carbonyl (C=O) groups excluding carboxylic acids is 4. The molecule has 0 aliphatic rings. The number of aliphatic hydroxyl groups is 1. The number of rotatable bonds is 75. The van der Waals surface area contributed by atoms with Crippen LogP contribution in [0.5, 0.6) is 0 Å². The Kier molecular flexibility index (Phi) is 72.9. The molecule has 0 bridgehead atoms. The Morgan fingerprint density at radius 2 is 0.519 bits per heavy atom. The fourth-order valence-electron chi connectivity index (χ4n) is 10.4. The van der Waals surface area contributed by atoms with Gasteiger partial charge in [0.15, 0.2) is 12.2 Å². The van der Waals surface area contributed by atoms with Crippen LogP contribution in [0.2, 0.25) is 0 Å². The van der Waals surface area contributed by atoms with E-state index in [0.29, 0.717) is 32.1 Å². The second-order valence-electron chi connectivity index (χ2n) is 26.6. The van der Waals surface area contributed by atoms with Crippen molar-refractivity contribution in [1.82, 2.24) is 0 Å². The van der Waals surface area contributed by atoms with Crippen LogP contribution in [0, 0.1) is 0 Å². The van der Waals surface area contributed by atoms with Crippen LogP contribution in [0.25, 0.3) is 0 Å². The standard InChI is InChI=1S/C85H144O17P2/c1-5-9-13-17-21-25-29-33-37-38-39-40-44-46-50-54-58-62-66-70-83(88)96-76-81(102-85(90)72-68-64-60-56-52-48-43-36-32-28-24-20-16-12-8-4)78-100-104(93,94)98-74-79(86)73-97-103(91,92)99-77-80(101-84(89)71-67-63-59-55-51-47-42-35-31-27-23-19-15-11-7-3)75-95-82(87)69-65-61-57-53-49-45-41-34-30-26-22-18-14-10-6-2/h9,13,21,23-28,30,33,35-37,39-40,42-43,46,50,58,62,79-81,86H,5-8,10-12,14-20,22,29,31-32,34,38,41,44-45,47-49,51-57,59-61,63-78H2,1-4H3,(H,91,92)(H,93,94)/b13-9-,25-21-,27-23-,28-24-,30-26-,37-33-,40-39-,42-35-,43-36-,50-46-,62-58-/t79-,80+,81+/m0/s1. The van der Waals surface area contributed by atoms with Crippen LogP contribution in [-0.4, -0.2) is 96.7 Å². The van der Waals surface area contributed by atoms with Crippen LogP contribution >= 0.6 is 15.6 Å².